The molecule has 0 aliphatic rings. The number of aromatic nitrogens is 3. The van der Waals surface area contributed by atoms with Gasteiger partial charge in [-0.3, -0.25) is 4.55 Å². The Bertz CT molecular complexity index is 1250. The zero-order valence-corrected chi connectivity index (χ0v) is 19.7. The van der Waals surface area contributed by atoms with Crippen LogP contribution in [0.4, 0.5) is 23.5 Å². The maximum Gasteiger partial charge on any atom is 0.425 e. The van der Waals surface area contributed by atoms with Crippen LogP contribution in [0.5, 0.6) is 0 Å². The van der Waals surface area contributed by atoms with Crippen molar-refractivity contribution in [2.45, 2.75) is 24.2 Å². The Labute approximate surface area is 192 Å². The second-order valence-corrected chi connectivity index (χ2v) is 9.99. The third-order valence-corrected chi connectivity index (χ3v) is 5.12. The first-order valence-corrected chi connectivity index (χ1v) is 13.4. The Morgan fingerprint density at radius 1 is 0.970 bits per heavy atom. The molecule has 6 N–H and O–H groups in total. The lowest BCUT2D eigenvalue weighted by molar-refractivity contribution is 0.483. The van der Waals surface area contributed by atoms with Gasteiger partial charge in [0.1, 0.15) is 0 Å². The average molecular weight is 526 g/mol. The van der Waals surface area contributed by atoms with Crippen LogP contribution in [0.25, 0.3) is 0 Å². The summed E-state index contributed by atoms with van der Waals surface area (Å²) in [5.74, 6) is 0.304. The van der Waals surface area contributed by atoms with Crippen LogP contribution in [0.2, 0.25) is 0 Å². The van der Waals surface area contributed by atoms with Crippen LogP contribution in [0, 0.1) is 0 Å². The molecule has 1 aromatic carbocycles. The van der Waals surface area contributed by atoms with E-state index in [2.05, 4.69) is 30.3 Å². The zero-order chi connectivity index (χ0) is 25.1. The molecule has 0 radical (unpaired) electrons. The van der Waals surface area contributed by atoms with Gasteiger partial charge in [0.2, 0.25) is 27.9 Å². The van der Waals surface area contributed by atoms with Gasteiger partial charge in [0, 0.05) is 18.8 Å². The van der Waals surface area contributed by atoms with Gasteiger partial charge in [-0.15, -0.1) is 12.6 Å². The van der Waals surface area contributed by atoms with E-state index in [9.17, 15) is 16.8 Å². The molecule has 0 bridgehead atoms. The SMILES string of the molecule is CS(=O)(=O)NCCCCCNc1nc(N)nc(Nc2cccc(S(=O)(=O)O)c2)n1.O=S(=O)=O. The Hall–Kier alpha value is -2.93. The van der Waals surface area contributed by atoms with Crippen molar-refractivity contribution in [1.82, 2.24) is 19.7 Å². The summed E-state index contributed by atoms with van der Waals surface area (Å²) in [5.41, 5.74) is 6.02. The largest absolute Gasteiger partial charge is 0.425 e. The molecule has 0 fully saturated rings. The second kappa shape index (κ2) is 12.9. The van der Waals surface area contributed by atoms with Crippen LogP contribution < -0.4 is 21.1 Å². The lowest BCUT2D eigenvalue weighted by Gasteiger charge is -2.09. The quantitative estimate of drug-likeness (QED) is 0.185. The third kappa shape index (κ3) is 13.3. The molecule has 0 saturated heterocycles. The van der Waals surface area contributed by atoms with Crippen molar-refractivity contribution in [2.75, 3.05) is 35.7 Å². The summed E-state index contributed by atoms with van der Waals surface area (Å²) in [4.78, 5) is 11.8. The fourth-order valence-corrected chi connectivity index (χ4v) is 3.32. The number of anilines is 4. The lowest BCUT2D eigenvalue weighted by atomic mass is 10.2. The Balaban J connectivity index is 0.00000125. The molecule has 184 valence electrons. The molecule has 1 heterocycles. The zero-order valence-electron chi connectivity index (χ0n) is 17.3. The number of hydrogen-bond acceptors (Lipinski definition) is 13. The van der Waals surface area contributed by atoms with E-state index in [1.165, 1.54) is 18.2 Å². The van der Waals surface area contributed by atoms with Crippen molar-refractivity contribution in [3.05, 3.63) is 24.3 Å². The van der Waals surface area contributed by atoms with Crippen LogP contribution in [-0.4, -0.2) is 68.3 Å². The van der Waals surface area contributed by atoms with Crippen LogP contribution in [0.1, 0.15) is 19.3 Å². The number of nitrogens with one attached hydrogen (secondary N) is 3. The number of nitrogen functional groups attached to an aromatic ring is 1. The minimum atomic E-state index is -4.33. The van der Waals surface area contributed by atoms with E-state index < -0.39 is 30.8 Å². The van der Waals surface area contributed by atoms with E-state index in [0.29, 0.717) is 25.2 Å². The highest BCUT2D eigenvalue weighted by Gasteiger charge is 2.11. The number of rotatable bonds is 11. The highest BCUT2D eigenvalue weighted by atomic mass is 32.2. The minimum Gasteiger partial charge on any atom is -0.368 e. The van der Waals surface area contributed by atoms with Crippen molar-refractivity contribution < 1.29 is 34.0 Å². The second-order valence-electron chi connectivity index (χ2n) is 6.33. The van der Waals surface area contributed by atoms with Gasteiger partial charge in [0.15, 0.2) is 0 Å². The molecule has 0 spiro atoms. The van der Waals surface area contributed by atoms with Gasteiger partial charge in [-0.25, -0.2) is 13.1 Å². The standard InChI is InChI=1S/C15H23N7O5S2.O3S/c1-28(23,24)18-9-4-2-3-8-17-14-20-13(16)21-15(22-14)19-11-6-5-7-12(10-11)29(25,26)27;1-4(2)3/h5-7,10,18H,2-4,8-9H2,1H3,(H,25,26,27)(H4,16,17,19,20,21,22);. The minimum absolute atomic E-state index is 0.0340. The van der Waals surface area contributed by atoms with Crippen LogP contribution in [-0.2, 0) is 30.8 Å². The number of sulfonamides is 1. The Morgan fingerprint density at radius 3 is 2.18 bits per heavy atom. The molecule has 0 aliphatic heterocycles. The highest BCUT2D eigenvalue weighted by Crippen LogP contribution is 2.19. The molecule has 1 aromatic heterocycles. The maximum atomic E-state index is 11.2. The normalized spacial score (nSPS) is 11.2. The van der Waals surface area contributed by atoms with Gasteiger partial charge < -0.3 is 16.4 Å². The van der Waals surface area contributed by atoms with Gasteiger partial charge in [0.25, 0.3) is 10.1 Å². The van der Waals surface area contributed by atoms with Crippen molar-refractivity contribution in [1.29, 1.82) is 0 Å². The topological polar surface area (TPSA) is 240 Å². The van der Waals surface area contributed by atoms with E-state index in [-0.39, 0.29) is 22.7 Å². The highest BCUT2D eigenvalue weighted by molar-refractivity contribution is 7.88. The monoisotopic (exact) mass is 525 g/mol. The van der Waals surface area contributed by atoms with Gasteiger partial charge in [-0.05, 0) is 31.0 Å². The molecule has 15 nitrogen and oxygen atoms in total. The van der Waals surface area contributed by atoms with Crippen LogP contribution in [0.15, 0.2) is 29.2 Å². The lowest BCUT2D eigenvalue weighted by Crippen LogP contribution is -2.23. The smallest absolute Gasteiger partial charge is 0.368 e. The summed E-state index contributed by atoms with van der Waals surface area (Å²) >= 11 is 0. The Kier molecular flexibility index (Phi) is 11.0. The molecular weight excluding hydrogens is 502 g/mol. The average Bonchev–Trinajstić information content (AvgIpc) is 2.65. The first kappa shape index (κ1) is 28.1. The fourth-order valence-electron chi connectivity index (χ4n) is 2.28. The predicted octanol–water partition coefficient (Wildman–Crippen LogP) is -0.429. The molecular formula is C15H23N7O8S3. The van der Waals surface area contributed by atoms with Crippen molar-refractivity contribution in [3.63, 3.8) is 0 Å². The van der Waals surface area contributed by atoms with Crippen molar-refractivity contribution in [2.24, 2.45) is 0 Å². The predicted molar refractivity (Wildman–Crippen MR) is 119 cm³/mol. The van der Waals surface area contributed by atoms with Crippen molar-refractivity contribution in [3.8, 4) is 0 Å². The number of nitrogens with two attached hydrogens (primary N) is 1. The number of unbranched alkanes of at least 4 members (excludes halogenated alkanes) is 2. The molecule has 0 aliphatic carbocycles. The first-order valence-electron chi connectivity index (χ1n) is 9.07. The van der Waals surface area contributed by atoms with Gasteiger partial charge >= 0.3 is 10.6 Å². The molecule has 0 atom stereocenters. The molecule has 33 heavy (non-hydrogen) atoms. The van der Waals surface area contributed by atoms with Gasteiger partial charge in [-0.1, -0.05) is 12.5 Å². The van der Waals surface area contributed by atoms with Gasteiger partial charge in [-0.2, -0.15) is 23.4 Å². The molecule has 18 heteroatoms. The Morgan fingerprint density at radius 2 is 1.58 bits per heavy atom. The summed E-state index contributed by atoms with van der Waals surface area (Å²) < 4.78 is 81.3. The molecule has 2 rings (SSSR count). The molecule has 2 aromatic rings. The van der Waals surface area contributed by atoms with E-state index in [4.69, 9.17) is 22.9 Å². The van der Waals surface area contributed by atoms with E-state index in [1.54, 1.807) is 6.07 Å². The summed E-state index contributed by atoms with van der Waals surface area (Å²) in [5, 5.41) is 5.80. The maximum absolute atomic E-state index is 11.2. The van der Waals surface area contributed by atoms with E-state index in [1.807, 2.05) is 0 Å². The summed E-state index contributed by atoms with van der Waals surface area (Å²) in [6.45, 7) is 0.925. The summed E-state index contributed by atoms with van der Waals surface area (Å²) in [7, 11) is -10.6. The van der Waals surface area contributed by atoms with Crippen molar-refractivity contribution >= 4 is 54.3 Å². The molecule has 0 amide bonds. The number of hydrogen-bond donors (Lipinski definition) is 5. The number of benzene rings is 1. The van der Waals surface area contributed by atoms with E-state index in [0.717, 1.165) is 19.1 Å². The molecule has 0 saturated carbocycles. The first-order chi connectivity index (χ1) is 15.3. The summed E-state index contributed by atoms with van der Waals surface area (Å²) in [6.07, 6.45) is 3.37. The number of nitrogens with zero attached hydrogens (tertiary/aromatic N) is 3. The molecule has 0 unspecified atom stereocenters. The van der Waals surface area contributed by atoms with Crippen LogP contribution >= 0.6 is 0 Å². The summed E-state index contributed by atoms with van der Waals surface area (Å²) in [6, 6.07) is 5.51. The third-order valence-electron chi connectivity index (χ3n) is 3.54. The van der Waals surface area contributed by atoms with Crippen LogP contribution in [0.3, 0.4) is 0 Å². The van der Waals surface area contributed by atoms with E-state index >= 15 is 0 Å². The fraction of sp³-hybridized carbons (Fsp3) is 0.400. The van der Waals surface area contributed by atoms with Gasteiger partial charge in [0.05, 0.1) is 11.2 Å².